The van der Waals surface area contributed by atoms with Crippen molar-refractivity contribution >= 4 is 30.1 Å². The molecule has 1 amide bonds. The second kappa shape index (κ2) is 6.83. The minimum Gasteiger partial charge on any atom is -0.337 e. The molecule has 2 heterocycles. The number of hydrogen-bond donors (Lipinski definition) is 1. The van der Waals surface area contributed by atoms with Crippen LogP contribution in [0.4, 0.5) is 0 Å². The third kappa shape index (κ3) is 2.97. The molecular weight excluding hydrogens is 292 g/mol. The number of fused-ring (bicyclic) bond motifs is 1. The summed E-state index contributed by atoms with van der Waals surface area (Å²) >= 11 is 1.87. The summed E-state index contributed by atoms with van der Waals surface area (Å²) in [7, 11) is 0. The Balaban J connectivity index is 0.00000147. The number of hydrogen-bond acceptors (Lipinski definition) is 3. The standard InChI is InChI=1S/C15H20N2OS.ClH/c1-11-10-16-7-8-17(11)15(18)13-6-9-19-14-5-3-2-4-12(13)14;/h2-5,11,13,16H,6-10H2,1H3;1H/t11-,13?;/m1./s1. The van der Waals surface area contributed by atoms with Gasteiger partial charge in [-0.15, -0.1) is 24.2 Å². The number of benzene rings is 1. The first-order valence-corrected chi connectivity index (χ1v) is 7.99. The number of amides is 1. The molecule has 0 radical (unpaired) electrons. The zero-order valence-electron chi connectivity index (χ0n) is 11.7. The Bertz CT molecular complexity index is 483. The highest BCUT2D eigenvalue weighted by Crippen LogP contribution is 2.38. The fourth-order valence-corrected chi connectivity index (χ4v) is 4.09. The van der Waals surface area contributed by atoms with Crippen molar-refractivity contribution < 1.29 is 4.79 Å². The Hall–Kier alpha value is -0.710. The van der Waals surface area contributed by atoms with Gasteiger partial charge in [0.25, 0.3) is 0 Å². The van der Waals surface area contributed by atoms with Crippen molar-refractivity contribution in [3.8, 4) is 0 Å². The summed E-state index contributed by atoms with van der Waals surface area (Å²) in [4.78, 5) is 16.2. The third-order valence-electron chi connectivity index (χ3n) is 4.04. The first-order chi connectivity index (χ1) is 9.27. The van der Waals surface area contributed by atoms with Crippen LogP contribution in [0.2, 0.25) is 0 Å². The van der Waals surface area contributed by atoms with E-state index in [4.69, 9.17) is 0 Å². The van der Waals surface area contributed by atoms with Crippen LogP contribution in [0.1, 0.15) is 24.8 Å². The van der Waals surface area contributed by atoms with Gasteiger partial charge >= 0.3 is 0 Å². The second-order valence-electron chi connectivity index (χ2n) is 5.31. The molecule has 1 aromatic rings. The first-order valence-electron chi connectivity index (χ1n) is 7.00. The summed E-state index contributed by atoms with van der Waals surface area (Å²) in [6.07, 6.45) is 0.969. The van der Waals surface area contributed by atoms with E-state index in [9.17, 15) is 4.79 Å². The van der Waals surface area contributed by atoms with E-state index < -0.39 is 0 Å². The number of thioether (sulfide) groups is 1. The Morgan fingerprint density at radius 2 is 2.20 bits per heavy atom. The van der Waals surface area contributed by atoms with E-state index in [1.165, 1.54) is 10.5 Å². The van der Waals surface area contributed by atoms with Crippen LogP contribution in [0.3, 0.4) is 0 Å². The van der Waals surface area contributed by atoms with E-state index in [0.717, 1.165) is 31.8 Å². The fraction of sp³-hybridized carbons (Fsp3) is 0.533. The lowest BCUT2D eigenvalue weighted by Crippen LogP contribution is -2.53. The molecule has 3 nitrogen and oxygen atoms in total. The molecule has 0 aliphatic carbocycles. The van der Waals surface area contributed by atoms with Gasteiger partial charge in [0.05, 0.1) is 5.92 Å². The van der Waals surface area contributed by atoms with Gasteiger partial charge in [-0.25, -0.2) is 0 Å². The monoisotopic (exact) mass is 312 g/mol. The Morgan fingerprint density at radius 3 is 3.00 bits per heavy atom. The van der Waals surface area contributed by atoms with Crippen molar-refractivity contribution in [1.82, 2.24) is 10.2 Å². The van der Waals surface area contributed by atoms with Crippen LogP contribution in [0.5, 0.6) is 0 Å². The molecule has 3 rings (SSSR count). The first kappa shape index (κ1) is 15.7. The maximum absolute atomic E-state index is 12.8. The molecule has 110 valence electrons. The lowest BCUT2D eigenvalue weighted by molar-refractivity contribution is -0.135. The van der Waals surface area contributed by atoms with Crippen molar-refractivity contribution in [2.75, 3.05) is 25.4 Å². The van der Waals surface area contributed by atoms with Gasteiger partial charge in [0.2, 0.25) is 5.91 Å². The van der Waals surface area contributed by atoms with Crippen molar-refractivity contribution in [3.63, 3.8) is 0 Å². The van der Waals surface area contributed by atoms with E-state index in [2.05, 4.69) is 35.3 Å². The van der Waals surface area contributed by atoms with Crippen LogP contribution in [0.15, 0.2) is 29.2 Å². The smallest absolute Gasteiger partial charge is 0.230 e. The van der Waals surface area contributed by atoms with Crippen LogP contribution in [0, 0.1) is 0 Å². The topological polar surface area (TPSA) is 32.3 Å². The largest absolute Gasteiger partial charge is 0.337 e. The van der Waals surface area contributed by atoms with Gasteiger partial charge in [-0.1, -0.05) is 18.2 Å². The summed E-state index contributed by atoms with van der Waals surface area (Å²) in [5, 5.41) is 3.34. The lowest BCUT2D eigenvalue weighted by Gasteiger charge is -2.37. The molecule has 2 aliphatic heterocycles. The van der Waals surface area contributed by atoms with Gasteiger partial charge < -0.3 is 10.2 Å². The molecule has 2 atom stereocenters. The minimum atomic E-state index is 0. The van der Waals surface area contributed by atoms with Crippen molar-refractivity contribution in [3.05, 3.63) is 29.8 Å². The van der Waals surface area contributed by atoms with Crippen molar-refractivity contribution in [2.45, 2.75) is 30.2 Å². The molecule has 0 aromatic heterocycles. The molecule has 1 N–H and O–H groups in total. The second-order valence-corrected chi connectivity index (χ2v) is 6.45. The highest BCUT2D eigenvalue weighted by Gasteiger charge is 2.32. The van der Waals surface area contributed by atoms with E-state index in [-0.39, 0.29) is 18.3 Å². The molecule has 0 spiro atoms. The summed E-state index contributed by atoms with van der Waals surface area (Å²) in [5.74, 6) is 1.44. The molecule has 1 unspecified atom stereocenters. The number of nitrogens with one attached hydrogen (secondary N) is 1. The lowest BCUT2D eigenvalue weighted by atomic mass is 9.93. The van der Waals surface area contributed by atoms with Crippen LogP contribution >= 0.6 is 24.2 Å². The van der Waals surface area contributed by atoms with Crippen LogP contribution in [-0.4, -0.2) is 42.2 Å². The molecule has 20 heavy (non-hydrogen) atoms. The number of rotatable bonds is 1. The SMILES string of the molecule is C[C@@H]1CNCCN1C(=O)C1CCSc2ccccc21.Cl. The van der Waals surface area contributed by atoms with E-state index in [1.807, 2.05) is 17.8 Å². The molecule has 1 fully saturated rings. The zero-order chi connectivity index (χ0) is 13.2. The van der Waals surface area contributed by atoms with Gasteiger partial charge in [-0.2, -0.15) is 0 Å². The van der Waals surface area contributed by atoms with Crippen LogP contribution in [0.25, 0.3) is 0 Å². The van der Waals surface area contributed by atoms with E-state index in [0.29, 0.717) is 11.9 Å². The molecule has 0 saturated carbocycles. The summed E-state index contributed by atoms with van der Waals surface area (Å²) in [6.45, 7) is 4.80. The predicted molar refractivity (Wildman–Crippen MR) is 85.8 cm³/mol. The number of nitrogens with zero attached hydrogens (tertiary/aromatic N) is 1. The number of piperazine rings is 1. The maximum atomic E-state index is 12.8. The highest BCUT2D eigenvalue weighted by molar-refractivity contribution is 7.99. The minimum absolute atomic E-state index is 0. The fourth-order valence-electron chi connectivity index (χ4n) is 2.97. The Labute approximate surface area is 130 Å². The van der Waals surface area contributed by atoms with Crippen molar-refractivity contribution in [1.29, 1.82) is 0 Å². The average Bonchev–Trinajstić information content (AvgIpc) is 2.46. The van der Waals surface area contributed by atoms with Crippen molar-refractivity contribution in [2.24, 2.45) is 0 Å². The number of carbonyl (C=O) groups is 1. The predicted octanol–water partition coefficient (Wildman–Crippen LogP) is 2.51. The molecule has 1 saturated heterocycles. The summed E-state index contributed by atoms with van der Waals surface area (Å²) in [5.41, 5.74) is 1.23. The third-order valence-corrected chi connectivity index (χ3v) is 5.16. The maximum Gasteiger partial charge on any atom is 0.230 e. The summed E-state index contributed by atoms with van der Waals surface area (Å²) < 4.78 is 0. The van der Waals surface area contributed by atoms with E-state index in [1.54, 1.807) is 0 Å². The highest BCUT2D eigenvalue weighted by atomic mass is 35.5. The summed E-state index contributed by atoms with van der Waals surface area (Å²) in [6, 6.07) is 8.68. The van der Waals surface area contributed by atoms with Gasteiger partial charge in [-0.05, 0) is 30.7 Å². The molecular formula is C15H21ClN2OS. The van der Waals surface area contributed by atoms with Crippen LogP contribution < -0.4 is 5.32 Å². The van der Waals surface area contributed by atoms with Gasteiger partial charge in [-0.3, -0.25) is 4.79 Å². The molecule has 5 heteroatoms. The van der Waals surface area contributed by atoms with Gasteiger partial charge in [0.1, 0.15) is 0 Å². The normalized spacial score (nSPS) is 25.6. The molecule has 1 aromatic carbocycles. The Morgan fingerprint density at radius 1 is 1.40 bits per heavy atom. The zero-order valence-corrected chi connectivity index (χ0v) is 13.3. The van der Waals surface area contributed by atoms with Gasteiger partial charge in [0, 0.05) is 30.6 Å². The molecule has 0 bridgehead atoms. The quantitative estimate of drug-likeness (QED) is 0.865. The number of carbonyl (C=O) groups excluding carboxylic acids is 1. The van der Waals surface area contributed by atoms with Crippen LogP contribution in [-0.2, 0) is 4.79 Å². The average molecular weight is 313 g/mol. The van der Waals surface area contributed by atoms with E-state index >= 15 is 0 Å². The van der Waals surface area contributed by atoms with Gasteiger partial charge in [0.15, 0.2) is 0 Å². The number of halogens is 1. The Kier molecular flexibility index (Phi) is 5.35. The molecule has 2 aliphatic rings.